The minimum absolute atomic E-state index is 0.330. The van der Waals surface area contributed by atoms with E-state index in [0.29, 0.717) is 40.3 Å². The van der Waals surface area contributed by atoms with Crippen LogP contribution in [0.25, 0.3) is 0 Å². The van der Waals surface area contributed by atoms with Gasteiger partial charge < -0.3 is 4.90 Å². The third-order valence-corrected chi connectivity index (χ3v) is 6.02. The van der Waals surface area contributed by atoms with E-state index >= 15 is 0 Å². The van der Waals surface area contributed by atoms with Crippen molar-refractivity contribution in [1.29, 1.82) is 5.26 Å². The fourth-order valence-electron chi connectivity index (χ4n) is 3.35. The number of benzene rings is 2. The Bertz CT molecular complexity index is 918. The highest BCUT2D eigenvalue weighted by atomic mass is 35.5. The van der Waals surface area contributed by atoms with Crippen LogP contribution in [0.15, 0.2) is 36.4 Å². The lowest BCUT2D eigenvalue weighted by atomic mass is 9.91. The van der Waals surface area contributed by atoms with E-state index in [1.807, 2.05) is 24.0 Å². The lowest BCUT2D eigenvalue weighted by Crippen LogP contribution is -2.25. The van der Waals surface area contributed by atoms with Crippen molar-refractivity contribution in [2.45, 2.75) is 53.9 Å². The third-order valence-electron chi connectivity index (χ3n) is 5.71. The summed E-state index contributed by atoms with van der Waals surface area (Å²) >= 11 is 5.71. The maximum atomic E-state index is 12.6. The largest absolute Gasteiger partial charge is 0.343 e. The zero-order valence-corrected chi connectivity index (χ0v) is 20.3. The molecule has 2 unspecified atom stereocenters. The van der Waals surface area contributed by atoms with Gasteiger partial charge in [0.1, 0.15) is 17.7 Å². The molecular weight excluding hydrogens is 430 g/mol. The quantitative estimate of drug-likeness (QED) is 0.493. The number of aryl methyl sites for hydroxylation is 2. The Morgan fingerprint density at radius 3 is 2.34 bits per heavy atom. The lowest BCUT2D eigenvalue weighted by Gasteiger charge is -2.17. The first-order valence-electron chi connectivity index (χ1n) is 11.0. The average Bonchev–Trinajstić information content (AvgIpc) is 3.16. The normalized spacial score (nSPS) is 15.8. The molecule has 32 heavy (non-hydrogen) atoms. The van der Waals surface area contributed by atoms with Crippen molar-refractivity contribution in [2.24, 2.45) is 11.8 Å². The molecule has 1 amide bonds. The molecule has 3 rings (SSSR count). The Hall–Kier alpha value is -2.45. The number of nitriles is 1. The van der Waals surface area contributed by atoms with E-state index in [9.17, 15) is 13.6 Å². The predicted octanol–water partition coefficient (Wildman–Crippen LogP) is 6.95. The van der Waals surface area contributed by atoms with Crippen molar-refractivity contribution in [3.8, 4) is 6.07 Å². The second-order valence-electron chi connectivity index (χ2n) is 7.97. The van der Waals surface area contributed by atoms with Crippen LogP contribution in [0.1, 0.15) is 57.2 Å². The number of rotatable bonds is 4. The summed E-state index contributed by atoms with van der Waals surface area (Å²) in [6.45, 7) is 12.1. The maximum absolute atomic E-state index is 12.6. The van der Waals surface area contributed by atoms with E-state index < -0.39 is 0 Å². The number of likely N-dealkylation sites (tertiary alicyclic amines) is 1. The van der Waals surface area contributed by atoms with Crippen LogP contribution < -0.4 is 0 Å². The molecule has 1 fully saturated rings. The lowest BCUT2D eigenvalue weighted by molar-refractivity contribution is -0.127. The molecule has 1 aliphatic heterocycles. The number of nitrogens with zero attached hydrogens (tertiary/aromatic N) is 2. The second-order valence-corrected chi connectivity index (χ2v) is 8.37. The number of carbonyl (C=O) groups is 1. The van der Waals surface area contributed by atoms with Gasteiger partial charge in [0, 0.05) is 19.5 Å². The zero-order valence-electron chi connectivity index (χ0n) is 19.6. The van der Waals surface area contributed by atoms with Crippen molar-refractivity contribution in [1.82, 2.24) is 4.90 Å². The molecule has 0 spiro atoms. The molecule has 6 heteroatoms. The summed E-state index contributed by atoms with van der Waals surface area (Å²) in [5.41, 5.74) is 2.04. The van der Waals surface area contributed by atoms with Gasteiger partial charge in [0.15, 0.2) is 0 Å². The summed E-state index contributed by atoms with van der Waals surface area (Å²) in [4.78, 5) is 13.3. The van der Waals surface area contributed by atoms with Crippen molar-refractivity contribution in [3.05, 3.63) is 69.7 Å². The van der Waals surface area contributed by atoms with Crippen LogP contribution in [-0.4, -0.2) is 23.9 Å². The van der Waals surface area contributed by atoms with E-state index in [2.05, 4.69) is 20.8 Å². The molecule has 0 aromatic heterocycles. The van der Waals surface area contributed by atoms with Crippen LogP contribution in [0.2, 0.25) is 5.02 Å². The first-order chi connectivity index (χ1) is 15.2. The first-order valence-corrected chi connectivity index (χ1v) is 11.4. The number of hydrogen-bond acceptors (Lipinski definition) is 2. The molecule has 2 aromatic carbocycles. The number of carbonyl (C=O) groups excluding carboxylic acids is 1. The summed E-state index contributed by atoms with van der Waals surface area (Å²) in [6, 6.07) is 10.8. The van der Waals surface area contributed by atoms with Crippen LogP contribution in [0, 0.1) is 41.7 Å². The Balaban J connectivity index is 0.000000241. The average molecular weight is 463 g/mol. The molecule has 2 atom stereocenters. The standard InChI is InChI=1S/C10H19NO.C8H6ClN.C8H8F2/c1-4-8(3)9-6-10(12)11(5-2)7-9;1-6-2-3-7(5-10)8(9)4-6;1-2-6-5-7(9)3-4-8(6)10/h8-9H,4-7H2,1-3H3;2-4H,1H3;3-5H,2H2,1H3. The van der Waals surface area contributed by atoms with Gasteiger partial charge in [-0.05, 0) is 73.6 Å². The van der Waals surface area contributed by atoms with Crippen molar-refractivity contribution in [3.63, 3.8) is 0 Å². The summed E-state index contributed by atoms with van der Waals surface area (Å²) in [5, 5.41) is 9.00. The van der Waals surface area contributed by atoms with Gasteiger partial charge in [-0.25, -0.2) is 8.78 Å². The molecule has 1 saturated heterocycles. The Labute approximate surface area is 196 Å². The zero-order chi connectivity index (χ0) is 24.3. The van der Waals surface area contributed by atoms with Gasteiger partial charge in [-0.15, -0.1) is 0 Å². The van der Waals surface area contributed by atoms with Gasteiger partial charge in [-0.2, -0.15) is 5.26 Å². The van der Waals surface area contributed by atoms with Crippen LogP contribution >= 0.6 is 11.6 Å². The molecule has 1 aliphatic rings. The molecular formula is C26H33ClF2N2O. The molecule has 0 bridgehead atoms. The summed E-state index contributed by atoms with van der Waals surface area (Å²) in [7, 11) is 0. The third kappa shape index (κ3) is 8.59. The highest BCUT2D eigenvalue weighted by molar-refractivity contribution is 6.31. The predicted molar refractivity (Wildman–Crippen MR) is 126 cm³/mol. The van der Waals surface area contributed by atoms with Crippen molar-refractivity contribution in [2.75, 3.05) is 13.1 Å². The fourth-order valence-corrected chi connectivity index (χ4v) is 3.63. The molecule has 0 N–H and O–H groups in total. The molecule has 0 aliphatic carbocycles. The monoisotopic (exact) mass is 462 g/mol. The summed E-state index contributed by atoms with van der Waals surface area (Å²) in [6.07, 6.45) is 2.50. The number of hydrogen-bond donors (Lipinski definition) is 0. The molecule has 3 nitrogen and oxygen atoms in total. The minimum atomic E-state index is -0.377. The van der Waals surface area contributed by atoms with Crippen LogP contribution in [-0.2, 0) is 11.2 Å². The fraction of sp³-hybridized carbons (Fsp3) is 0.462. The molecule has 0 saturated carbocycles. The molecule has 174 valence electrons. The minimum Gasteiger partial charge on any atom is -0.343 e. The topological polar surface area (TPSA) is 44.1 Å². The van der Waals surface area contributed by atoms with Crippen LogP contribution in [0.3, 0.4) is 0 Å². The summed E-state index contributed by atoms with van der Waals surface area (Å²) < 4.78 is 25.0. The molecule has 2 aromatic rings. The second kappa shape index (κ2) is 13.9. The van der Waals surface area contributed by atoms with Gasteiger partial charge in [-0.3, -0.25) is 4.79 Å². The van der Waals surface area contributed by atoms with Crippen molar-refractivity contribution < 1.29 is 13.6 Å². The Morgan fingerprint density at radius 2 is 1.88 bits per heavy atom. The van der Waals surface area contributed by atoms with Crippen molar-refractivity contribution >= 4 is 17.5 Å². The highest BCUT2D eigenvalue weighted by Crippen LogP contribution is 2.26. The van der Waals surface area contributed by atoms with Gasteiger partial charge in [0.05, 0.1) is 10.6 Å². The van der Waals surface area contributed by atoms with E-state index in [-0.39, 0.29) is 11.6 Å². The van der Waals surface area contributed by atoms with E-state index in [1.165, 1.54) is 12.5 Å². The van der Waals surface area contributed by atoms with Gasteiger partial charge in [0.2, 0.25) is 5.91 Å². The van der Waals surface area contributed by atoms with Gasteiger partial charge in [-0.1, -0.05) is 44.9 Å². The van der Waals surface area contributed by atoms with E-state index in [0.717, 1.165) is 37.2 Å². The smallest absolute Gasteiger partial charge is 0.222 e. The highest BCUT2D eigenvalue weighted by Gasteiger charge is 2.30. The summed E-state index contributed by atoms with van der Waals surface area (Å²) in [5.74, 6) is 0.956. The first kappa shape index (κ1) is 27.6. The number of amides is 1. The Kier molecular flexibility index (Phi) is 11.9. The molecule has 0 radical (unpaired) electrons. The van der Waals surface area contributed by atoms with E-state index in [4.69, 9.17) is 16.9 Å². The maximum Gasteiger partial charge on any atom is 0.222 e. The molecule has 1 heterocycles. The van der Waals surface area contributed by atoms with Crippen LogP contribution in [0.4, 0.5) is 8.78 Å². The number of halogens is 3. The van der Waals surface area contributed by atoms with Crippen LogP contribution in [0.5, 0.6) is 0 Å². The van der Waals surface area contributed by atoms with E-state index in [1.54, 1.807) is 19.1 Å². The van der Waals surface area contributed by atoms with Gasteiger partial charge >= 0.3 is 0 Å². The van der Waals surface area contributed by atoms with Gasteiger partial charge in [0.25, 0.3) is 0 Å². The Morgan fingerprint density at radius 1 is 1.19 bits per heavy atom. The SMILES string of the molecule is CCC(C)C1CC(=O)N(CC)C1.CCc1cc(F)ccc1F.Cc1ccc(C#N)c(Cl)c1.